The van der Waals surface area contributed by atoms with E-state index in [1.54, 1.807) is 0 Å². The minimum atomic E-state index is 0.690. The van der Waals surface area contributed by atoms with Crippen LogP contribution >= 0.6 is 0 Å². The summed E-state index contributed by atoms with van der Waals surface area (Å²) in [6.07, 6.45) is 10.7. The van der Waals surface area contributed by atoms with Gasteiger partial charge >= 0.3 is 0 Å². The molecule has 1 aliphatic carbocycles. The highest BCUT2D eigenvalue weighted by atomic mass is 15.3. The zero-order chi connectivity index (χ0) is 13.1. The van der Waals surface area contributed by atoms with E-state index in [-0.39, 0.29) is 0 Å². The SMILES string of the molecule is CCCNC1CCCCC1N1CCn2ccnc2C1. The molecule has 2 aliphatic rings. The van der Waals surface area contributed by atoms with Gasteiger partial charge in [0, 0.05) is 37.6 Å². The average molecular weight is 262 g/mol. The van der Waals surface area contributed by atoms with Gasteiger partial charge in [0.2, 0.25) is 0 Å². The molecular formula is C15H26N4. The van der Waals surface area contributed by atoms with E-state index in [1.807, 2.05) is 6.20 Å². The molecule has 1 fully saturated rings. The van der Waals surface area contributed by atoms with Crippen molar-refractivity contribution in [2.24, 2.45) is 0 Å². The van der Waals surface area contributed by atoms with Crippen LogP contribution in [0.3, 0.4) is 0 Å². The lowest BCUT2D eigenvalue weighted by Crippen LogP contribution is -2.53. The second-order valence-electron chi connectivity index (χ2n) is 5.92. The summed E-state index contributed by atoms with van der Waals surface area (Å²) in [5.41, 5.74) is 0. The smallest absolute Gasteiger partial charge is 0.122 e. The van der Waals surface area contributed by atoms with Crippen molar-refractivity contribution in [1.82, 2.24) is 19.8 Å². The molecule has 0 spiro atoms. The Morgan fingerprint density at radius 3 is 3.11 bits per heavy atom. The van der Waals surface area contributed by atoms with Crippen LogP contribution in [-0.4, -0.2) is 39.6 Å². The molecule has 1 aromatic heterocycles. The third-order valence-corrected chi connectivity index (χ3v) is 4.63. The van der Waals surface area contributed by atoms with Gasteiger partial charge in [0.05, 0.1) is 6.54 Å². The third-order valence-electron chi connectivity index (χ3n) is 4.63. The van der Waals surface area contributed by atoms with Crippen LogP contribution in [0, 0.1) is 0 Å². The maximum Gasteiger partial charge on any atom is 0.122 e. The molecule has 0 radical (unpaired) electrons. The maximum atomic E-state index is 4.49. The highest BCUT2D eigenvalue weighted by Crippen LogP contribution is 2.26. The van der Waals surface area contributed by atoms with E-state index in [0.717, 1.165) is 19.6 Å². The predicted octanol–water partition coefficient (Wildman–Crippen LogP) is 2.01. The van der Waals surface area contributed by atoms with Crippen LogP contribution in [0.4, 0.5) is 0 Å². The van der Waals surface area contributed by atoms with Crippen molar-refractivity contribution in [1.29, 1.82) is 0 Å². The fraction of sp³-hybridized carbons (Fsp3) is 0.800. The van der Waals surface area contributed by atoms with Gasteiger partial charge in [-0.25, -0.2) is 4.98 Å². The zero-order valence-corrected chi connectivity index (χ0v) is 12.0. The van der Waals surface area contributed by atoms with Gasteiger partial charge in [-0.05, 0) is 25.8 Å². The number of rotatable bonds is 4. The fourth-order valence-electron chi connectivity index (χ4n) is 3.59. The normalized spacial score (nSPS) is 28.3. The Morgan fingerprint density at radius 1 is 1.32 bits per heavy atom. The third kappa shape index (κ3) is 2.84. The highest BCUT2D eigenvalue weighted by molar-refractivity contribution is 4.99. The molecule has 1 saturated carbocycles. The lowest BCUT2D eigenvalue weighted by Gasteiger charge is -2.42. The highest BCUT2D eigenvalue weighted by Gasteiger charge is 2.31. The molecule has 0 bridgehead atoms. The Labute approximate surface area is 116 Å². The molecule has 4 nitrogen and oxygen atoms in total. The molecular weight excluding hydrogens is 236 g/mol. The summed E-state index contributed by atoms with van der Waals surface area (Å²) in [6, 6.07) is 1.40. The van der Waals surface area contributed by atoms with E-state index in [4.69, 9.17) is 0 Å². The first-order valence-electron chi connectivity index (χ1n) is 7.86. The van der Waals surface area contributed by atoms with Gasteiger partial charge in [-0.3, -0.25) is 4.90 Å². The standard InChI is InChI=1S/C15H26N4/c1-2-7-16-13-5-3-4-6-14(13)19-11-10-18-9-8-17-15(18)12-19/h8-9,13-14,16H,2-7,10-12H2,1H3. The van der Waals surface area contributed by atoms with Crippen LogP contribution < -0.4 is 5.32 Å². The van der Waals surface area contributed by atoms with Crippen molar-refractivity contribution >= 4 is 0 Å². The minimum absolute atomic E-state index is 0.690. The molecule has 0 aromatic carbocycles. The van der Waals surface area contributed by atoms with E-state index in [9.17, 15) is 0 Å². The van der Waals surface area contributed by atoms with Gasteiger partial charge in [0.15, 0.2) is 0 Å². The first-order valence-corrected chi connectivity index (χ1v) is 7.86. The predicted molar refractivity (Wildman–Crippen MR) is 77.0 cm³/mol. The van der Waals surface area contributed by atoms with Crippen LogP contribution in [-0.2, 0) is 13.1 Å². The fourth-order valence-corrected chi connectivity index (χ4v) is 3.59. The quantitative estimate of drug-likeness (QED) is 0.901. The molecule has 0 saturated heterocycles. The first kappa shape index (κ1) is 13.1. The first-order chi connectivity index (χ1) is 9.38. The van der Waals surface area contributed by atoms with Crippen LogP contribution in [0.25, 0.3) is 0 Å². The number of fused-ring (bicyclic) bond motifs is 1. The summed E-state index contributed by atoms with van der Waals surface area (Å²) < 4.78 is 2.30. The van der Waals surface area contributed by atoms with Gasteiger partial charge in [0.25, 0.3) is 0 Å². The van der Waals surface area contributed by atoms with Gasteiger partial charge in [0.1, 0.15) is 5.82 Å². The number of hydrogen-bond donors (Lipinski definition) is 1. The van der Waals surface area contributed by atoms with Gasteiger partial charge in [-0.2, -0.15) is 0 Å². The topological polar surface area (TPSA) is 33.1 Å². The van der Waals surface area contributed by atoms with Crippen molar-refractivity contribution in [3.8, 4) is 0 Å². The van der Waals surface area contributed by atoms with Crippen LogP contribution in [0.5, 0.6) is 0 Å². The monoisotopic (exact) mass is 262 g/mol. The summed E-state index contributed by atoms with van der Waals surface area (Å²) in [7, 11) is 0. The summed E-state index contributed by atoms with van der Waals surface area (Å²) in [5, 5.41) is 3.77. The molecule has 106 valence electrons. The van der Waals surface area contributed by atoms with Gasteiger partial charge < -0.3 is 9.88 Å². The number of nitrogens with one attached hydrogen (secondary N) is 1. The lowest BCUT2D eigenvalue weighted by molar-refractivity contribution is 0.0929. The Bertz CT molecular complexity index is 401. The summed E-state index contributed by atoms with van der Waals surface area (Å²) in [6.45, 7) is 6.72. The van der Waals surface area contributed by atoms with Crippen molar-refractivity contribution in [2.75, 3.05) is 13.1 Å². The number of imidazole rings is 1. The van der Waals surface area contributed by atoms with E-state index in [0.29, 0.717) is 12.1 Å². The molecule has 2 unspecified atom stereocenters. The summed E-state index contributed by atoms with van der Waals surface area (Å²) in [5.74, 6) is 1.24. The maximum absolute atomic E-state index is 4.49. The van der Waals surface area contributed by atoms with E-state index in [1.165, 1.54) is 44.5 Å². The van der Waals surface area contributed by atoms with Crippen LogP contribution in [0.1, 0.15) is 44.9 Å². The Balaban J connectivity index is 1.66. The van der Waals surface area contributed by atoms with E-state index < -0.39 is 0 Å². The number of hydrogen-bond acceptors (Lipinski definition) is 3. The van der Waals surface area contributed by atoms with E-state index in [2.05, 4.69) is 32.9 Å². The van der Waals surface area contributed by atoms with Crippen molar-refractivity contribution in [2.45, 2.75) is 64.2 Å². The zero-order valence-electron chi connectivity index (χ0n) is 12.0. The van der Waals surface area contributed by atoms with Gasteiger partial charge in [-0.15, -0.1) is 0 Å². The second kappa shape index (κ2) is 6.06. The van der Waals surface area contributed by atoms with Gasteiger partial charge in [-0.1, -0.05) is 19.8 Å². The van der Waals surface area contributed by atoms with Crippen LogP contribution in [0.2, 0.25) is 0 Å². The Kier molecular flexibility index (Phi) is 4.18. The molecule has 0 amide bonds. The van der Waals surface area contributed by atoms with Crippen LogP contribution in [0.15, 0.2) is 12.4 Å². The number of nitrogens with zero attached hydrogens (tertiary/aromatic N) is 3. The van der Waals surface area contributed by atoms with Crippen molar-refractivity contribution in [3.05, 3.63) is 18.2 Å². The second-order valence-corrected chi connectivity index (χ2v) is 5.92. The molecule has 2 heterocycles. The van der Waals surface area contributed by atoms with Crippen molar-refractivity contribution in [3.63, 3.8) is 0 Å². The van der Waals surface area contributed by atoms with Crippen molar-refractivity contribution < 1.29 is 0 Å². The summed E-state index contributed by atoms with van der Waals surface area (Å²) >= 11 is 0. The minimum Gasteiger partial charge on any atom is -0.333 e. The Hall–Kier alpha value is -0.870. The molecule has 19 heavy (non-hydrogen) atoms. The largest absolute Gasteiger partial charge is 0.333 e. The molecule has 1 N–H and O–H groups in total. The Morgan fingerprint density at radius 2 is 2.21 bits per heavy atom. The lowest BCUT2D eigenvalue weighted by atomic mass is 9.88. The molecule has 4 heteroatoms. The van der Waals surface area contributed by atoms with E-state index >= 15 is 0 Å². The summed E-state index contributed by atoms with van der Waals surface area (Å²) in [4.78, 5) is 7.15. The molecule has 1 aliphatic heterocycles. The molecule has 3 rings (SSSR count). The molecule has 1 aromatic rings. The number of aromatic nitrogens is 2. The average Bonchev–Trinajstić information content (AvgIpc) is 2.92. The molecule has 2 atom stereocenters.